The van der Waals surface area contributed by atoms with Gasteiger partial charge in [-0.1, -0.05) is 28.7 Å². The van der Waals surface area contributed by atoms with Crippen LogP contribution in [0, 0.1) is 17.8 Å². The zero-order chi connectivity index (χ0) is 17.3. The Bertz CT molecular complexity index is 743. The minimum absolute atomic E-state index is 0.01000. The Balaban J connectivity index is 1.68. The van der Waals surface area contributed by atoms with Crippen LogP contribution in [0.15, 0.2) is 29.4 Å². The van der Waals surface area contributed by atoms with E-state index in [1.165, 1.54) is 0 Å². The SMILES string of the molecule is CC(C)(C)OC(=O)N1CCC2C(C#Cc3cccc(Cl)c3)=NOC21. The zero-order valence-corrected chi connectivity index (χ0v) is 14.6. The molecule has 126 valence electrons. The van der Waals surface area contributed by atoms with E-state index in [0.717, 1.165) is 12.0 Å². The molecular weight excluding hydrogens is 328 g/mol. The number of benzene rings is 1. The first-order valence-electron chi connectivity index (χ1n) is 7.84. The molecule has 1 aromatic carbocycles. The van der Waals surface area contributed by atoms with Crippen LogP contribution in [0.1, 0.15) is 32.8 Å². The second kappa shape index (κ2) is 6.37. The lowest BCUT2D eigenvalue weighted by molar-refractivity contribution is -0.0437. The van der Waals surface area contributed by atoms with Crippen LogP contribution in [0.5, 0.6) is 0 Å². The molecular formula is C18H19ClN2O3. The number of oxime groups is 1. The molecule has 0 saturated carbocycles. The number of fused-ring (bicyclic) bond motifs is 1. The maximum Gasteiger partial charge on any atom is 0.413 e. The van der Waals surface area contributed by atoms with Gasteiger partial charge in [0.05, 0.1) is 5.92 Å². The van der Waals surface area contributed by atoms with Crippen molar-refractivity contribution < 1.29 is 14.4 Å². The number of hydrogen-bond donors (Lipinski definition) is 0. The second-order valence-corrected chi connectivity index (χ2v) is 7.24. The van der Waals surface area contributed by atoms with Crippen molar-refractivity contribution >= 4 is 23.4 Å². The van der Waals surface area contributed by atoms with Gasteiger partial charge in [-0.05, 0) is 51.3 Å². The van der Waals surface area contributed by atoms with Gasteiger partial charge in [0.15, 0.2) is 0 Å². The summed E-state index contributed by atoms with van der Waals surface area (Å²) in [4.78, 5) is 19.3. The van der Waals surface area contributed by atoms with E-state index < -0.39 is 11.8 Å². The standard InChI is InChI=1S/C18H19ClN2O3/c1-18(2,3)23-17(22)21-10-9-14-15(20-24-16(14)21)8-7-12-5-4-6-13(19)11-12/h4-6,11,14,16H,9-10H2,1-3H3. The van der Waals surface area contributed by atoms with Gasteiger partial charge in [0.2, 0.25) is 6.23 Å². The number of rotatable bonds is 0. The molecule has 0 bridgehead atoms. The highest BCUT2D eigenvalue weighted by Gasteiger charge is 2.46. The van der Waals surface area contributed by atoms with Crippen LogP contribution < -0.4 is 0 Å². The van der Waals surface area contributed by atoms with Crippen molar-refractivity contribution in [2.75, 3.05) is 6.54 Å². The van der Waals surface area contributed by atoms with E-state index in [1.54, 1.807) is 17.0 Å². The summed E-state index contributed by atoms with van der Waals surface area (Å²) in [5.74, 6) is 6.07. The van der Waals surface area contributed by atoms with Crippen molar-refractivity contribution in [3.63, 3.8) is 0 Å². The molecule has 24 heavy (non-hydrogen) atoms. The number of nitrogens with zero attached hydrogens (tertiary/aromatic N) is 2. The Morgan fingerprint density at radius 3 is 2.92 bits per heavy atom. The fraction of sp³-hybridized carbons (Fsp3) is 0.444. The fourth-order valence-corrected chi connectivity index (χ4v) is 2.87. The molecule has 2 aliphatic heterocycles. The lowest BCUT2D eigenvalue weighted by Gasteiger charge is -2.26. The van der Waals surface area contributed by atoms with E-state index in [2.05, 4.69) is 17.0 Å². The summed E-state index contributed by atoms with van der Waals surface area (Å²) in [6.07, 6.45) is -0.0507. The average Bonchev–Trinajstić information content (AvgIpc) is 3.05. The van der Waals surface area contributed by atoms with Gasteiger partial charge in [-0.25, -0.2) is 4.79 Å². The Hall–Kier alpha value is -2.19. The van der Waals surface area contributed by atoms with Crippen molar-refractivity contribution in [3.8, 4) is 11.8 Å². The van der Waals surface area contributed by atoms with Gasteiger partial charge in [0, 0.05) is 17.1 Å². The van der Waals surface area contributed by atoms with Crippen LogP contribution in [-0.4, -0.2) is 35.1 Å². The van der Waals surface area contributed by atoms with Crippen LogP contribution in [-0.2, 0) is 9.57 Å². The van der Waals surface area contributed by atoms with Gasteiger partial charge in [-0.2, -0.15) is 0 Å². The Labute approximate surface area is 146 Å². The smallest absolute Gasteiger partial charge is 0.413 e. The number of hydrogen-bond acceptors (Lipinski definition) is 4. The Morgan fingerprint density at radius 1 is 1.42 bits per heavy atom. The minimum atomic E-state index is -0.538. The molecule has 1 aromatic rings. The van der Waals surface area contributed by atoms with Gasteiger partial charge >= 0.3 is 6.09 Å². The first kappa shape index (κ1) is 16.7. The molecule has 2 heterocycles. The molecule has 0 aromatic heterocycles. The molecule has 1 saturated heterocycles. The molecule has 2 unspecified atom stereocenters. The molecule has 5 nitrogen and oxygen atoms in total. The Morgan fingerprint density at radius 2 is 2.21 bits per heavy atom. The maximum absolute atomic E-state index is 12.2. The van der Waals surface area contributed by atoms with Crippen LogP contribution in [0.4, 0.5) is 4.79 Å². The zero-order valence-electron chi connectivity index (χ0n) is 13.9. The maximum atomic E-state index is 12.2. The van der Waals surface area contributed by atoms with E-state index >= 15 is 0 Å². The minimum Gasteiger partial charge on any atom is -0.444 e. The number of carbonyl (C=O) groups is 1. The Kier molecular flexibility index (Phi) is 4.42. The monoisotopic (exact) mass is 346 g/mol. The fourth-order valence-electron chi connectivity index (χ4n) is 2.68. The van der Waals surface area contributed by atoms with Gasteiger partial charge in [0.25, 0.3) is 0 Å². The highest BCUT2D eigenvalue weighted by atomic mass is 35.5. The molecule has 0 aliphatic carbocycles. The number of amides is 1. The number of likely N-dealkylation sites (tertiary alicyclic amines) is 1. The van der Waals surface area contributed by atoms with Crippen LogP contribution >= 0.6 is 11.6 Å². The number of halogens is 1. The summed E-state index contributed by atoms with van der Waals surface area (Å²) in [5, 5.41) is 4.69. The van der Waals surface area contributed by atoms with Gasteiger partial charge in [-0.3, -0.25) is 4.90 Å². The largest absolute Gasteiger partial charge is 0.444 e. The summed E-state index contributed by atoms with van der Waals surface area (Å²) < 4.78 is 5.41. The summed E-state index contributed by atoms with van der Waals surface area (Å²) in [6.45, 7) is 6.09. The van der Waals surface area contributed by atoms with E-state index in [0.29, 0.717) is 17.3 Å². The molecule has 6 heteroatoms. The summed E-state index contributed by atoms with van der Waals surface area (Å²) in [6, 6.07) is 7.33. The predicted molar refractivity (Wildman–Crippen MR) is 91.7 cm³/mol. The van der Waals surface area contributed by atoms with Crippen molar-refractivity contribution in [2.24, 2.45) is 11.1 Å². The molecule has 0 N–H and O–H groups in total. The average molecular weight is 347 g/mol. The van der Waals surface area contributed by atoms with Crippen LogP contribution in [0.2, 0.25) is 5.02 Å². The third kappa shape index (κ3) is 3.65. The predicted octanol–water partition coefficient (Wildman–Crippen LogP) is 3.66. The molecule has 2 aliphatic rings. The highest BCUT2D eigenvalue weighted by Crippen LogP contribution is 2.32. The number of ether oxygens (including phenoxy) is 1. The molecule has 3 rings (SSSR count). The first-order valence-corrected chi connectivity index (χ1v) is 8.22. The quantitative estimate of drug-likeness (QED) is 0.674. The normalized spacial score (nSPS) is 22.2. The second-order valence-electron chi connectivity index (χ2n) is 6.80. The highest BCUT2D eigenvalue weighted by molar-refractivity contribution is 6.30. The third-order valence-electron chi connectivity index (χ3n) is 3.73. The lowest BCUT2D eigenvalue weighted by Crippen LogP contribution is -2.41. The first-order chi connectivity index (χ1) is 11.3. The molecule has 0 radical (unpaired) electrons. The molecule has 2 atom stereocenters. The van der Waals surface area contributed by atoms with Gasteiger partial charge in [-0.15, -0.1) is 0 Å². The van der Waals surface area contributed by atoms with Crippen LogP contribution in [0.25, 0.3) is 0 Å². The van der Waals surface area contributed by atoms with Gasteiger partial charge in [0.1, 0.15) is 11.3 Å². The van der Waals surface area contributed by atoms with Crippen molar-refractivity contribution in [1.29, 1.82) is 0 Å². The van der Waals surface area contributed by atoms with Crippen LogP contribution in [0.3, 0.4) is 0 Å². The van der Waals surface area contributed by atoms with E-state index in [4.69, 9.17) is 21.2 Å². The lowest BCUT2D eigenvalue weighted by atomic mass is 10.0. The van der Waals surface area contributed by atoms with Crippen molar-refractivity contribution in [3.05, 3.63) is 34.9 Å². The molecule has 1 fully saturated rings. The molecule has 1 amide bonds. The summed E-state index contributed by atoms with van der Waals surface area (Å²) in [7, 11) is 0. The molecule has 0 spiro atoms. The number of carbonyl (C=O) groups excluding carboxylic acids is 1. The third-order valence-corrected chi connectivity index (χ3v) is 3.97. The van der Waals surface area contributed by atoms with Gasteiger partial charge < -0.3 is 9.57 Å². The van der Waals surface area contributed by atoms with E-state index in [-0.39, 0.29) is 12.0 Å². The topological polar surface area (TPSA) is 51.1 Å². The summed E-state index contributed by atoms with van der Waals surface area (Å²) >= 11 is 5.96. The van der Waals surface area contributed by atoms with E-state index in [1.807, 2.05) is 32.9 Å². The van der Waals surface area contributed by atoms with Crippen molar-refractivity contribution in [1.82, 2.24) is 4.90 Å². The van der Waals surface area contributed by atoms with Crippen molar-refractivity contribution in [2.45, 2.75) is 39.0 Å². The van der Waals surface area contributed by atoms with E-state index in [9.17, 15) is 4.79 Å². The summed E-state index contributed by atoms with van der Waals surface area (Å²) in [5.41, 5.74) is 0.936.